The molecule has 1 aliphatic heterocycles. The van der Waals surface area contributed by atoms with Crippen molar-refractivity contribution in [1.82, 2.24) is 9.97 Å². The fourth-order valence-corrected chi connectivity index (χ4v) is 3.02. The molecule has 3 rings (SSSR count). The summed E-state index contributed by atoms with van der Waals surface area (Å²) in [4.78, 5) is 11.2. The highest BCUT2D eigenvalue weighted by molar-refractivity contribution is 5.66. The molecule has 2 heterocycles. The van der Waals surface area contributed by atoms with Crippen LogP contribution < -0.4 is 10.2 Å². The van der Waals surface area contributed by atoms with Gasteiger partial charge in [0.05, 0.1) is 11.3 Å². The molecule has 0 saturated carbocycles. The van der Waals surface area contributed by atoms with E-state index in [9.17, 15) is 4.39 Å². The highest BCUT2D eigenvalue weighted by Crippen LogP contribution is 2.27. The topological polar surface area (TPSA) is 64.8 Å². The Labute approximate surface area is 141 Å². The zero-order valence-electron chi connectivity index (χ0n) is 13.9. The minimum Gasteiger partial charge on any atom is -0.357 e. The number of piperidine rings is 1. The highest BCUT2D eigenvalue weighted by atomic mass is 19.1. The number of halogens is 1. The molecule has 1 atom stereocenters. The molecule has 124 valence electrons. The van der Waals surface area contributed by atoms with E-state index in [-0.39, 0.29) is 5.56 Å². The molecule has 0 bridgehead atoms. The summed E-state index contributed by atoms with van der Waals surface area (Å²) >= 11 is 0. The molecule has 0 radical (unpaired) electrons. The molecule has 1 aromatic heterocycles. The van der Waals surface area contributed by atoms with E-state index in [2.05, 4.69) is 27.1 Å². The van der Waals surface area contributed by atoms with Crippen LogP contribution in [0.25, 0.3) is 11.3 Å². The first kappa shape index (κ1) is 16.2. The lowest BCUT2D eigenvalue weighted by Crippen LogP contribution is -2.35. The fraction of sp³-hybridized carbons (Fsp3) is 0.389. The second-order valence-corrected chi connectivity index (χ2v) is 6.18. The van der Waals surface area contributed by atoms with Crippen LogP contribution in [0, 0.1) is 23.1 Å². The Balaban J connectivity index is 2.00. The Morgan fingerprint density at radius 1 is 1.33 bits per heavy atom. The van der Waals surface area contributed by atoms with Crippen molar-refractivity contribution in [2.75, 3.05) is 30.4 Å². The zero-order chi connectivity index (χ0) is 17.1. The number of benzene rings is 1. The van der Waals surface area contributed by atoms with Gasteiger partial charge in [-0.25, -0.2) is 9.37 Å². The minimum atomic E-state index is -0.534. The van der Waals surface area contributed by atoms with Crippen LogP contribution in [0.3, 0.4) is 0 Å². The van der Waals surface area contributed by atoms with E-state index in [1.54, 1.807) is 13.1 Å². The number of hydrogen-bond donors (Lipinski definition) is 1. The van der Waals surface area contributed by atoms with Crippen molar-refractivity contribution >= 4 is 11.8 Å². The third kappa shape index (κ3) is 3.30. The van der Waals surface area contributed by atoms with Gasteiger partial charge in [-0.2, -0.15) is 10.2 Å². The number of nitrogens with zero attached hydrogens (tertiary/aromatic N) is 4. The first-order valence-corrected chi connectivity index (χ1v) is 8.12. The van der Waals surface area contributed by atoms with Crippen molar-refractivity contribution in [3.63, 3.8) is 0 Å². The van der Waals surface area contributed by atoms with E-state index < -0.39 is 5.82 Å². The van der Waals surface area contributed by atoms with Gasteiger partial charge >= 0.3 is 0 Å². The molecule has 6 heteroatoms. The van der Waals surface area contributed by atoms with E-state index in [0.29, 0.717) is 23.1 Å². The number of hydrogen-bond acceptors (Lipinski definition) is 5. The van der Waals surface area contributed by atoms with Crippen LogP contribution in [0.4, 0.5) is 16.2 Å². The van der Waals surface area contributed by atoms with Crippen molar-refractivity contribution in [1.29, 1.82) is 5.26 Å². The Morgan fingerprint density at radius 3 is 2.83 bits per heavy atom. The maximum atomic E-state index is 13.9. The largest absolute Gasteiger partial charge is 0.357 e. The minimum absolute atomic E-state index is 0.0340. The van der Waals surface area contributed by atoms with Crippen molar-refractivity contribution in [2.24, 2.45) is 5.92 Å². The number of nitriles is 1. The number of nitrogens with one attached hydrogen (secondary N) is 1. The average Bonchev–Trinajstić information content (AvgIpc) is 2.61. The lowest BCUT2D eigenvalue weighted by Gasteiger charge is -2.32. The van der Waals surface area contributed by atoms with Crippen molar-refractivity contribution in [3.05, 3.63) is 35.6 Å². The van der Waals surface area contributed by atoms with E-state index in [1.807, 2.05) is 12.1 Å². The van der Waals surface area contributed by atoms with E-state index >= 15 is 0 Å². The highest BCUT2D eigenvalue weighted by Gasteiger charge is 2.19. The summed E-state index contributed by atoms with van der Waals surface area (Å²) in [7, 11) is 1.76. The second kappa shape index (κ2) is 6.83. The number of aromatic nitrogens is 2. The van der Waals surface area contributed by atoms with Crippen LogP contribution in [-0.2, 0) is 0 Å². The van der Waals surface area contributed by atoms with Crippen LogP contribution in [0.1, 0.15) is 25.3 Å². The normalized spacial score (nSPS) is 17.4. The maximum Gasteiger partial charge on any atom is 0.224 e. The summed E-state index contributed by atoms with van der Waals surface area (Å²) < 4.78 is 13.9. The number of rotatable bonds is 3. The third-order valence-electron chi connectivity index (χ3n) is 4.30. The smallest absolute Gasteiger partial charge is 0.224 e. The fourth-order valence-electron chi connectivity index (χ4n) is 3.02. The lowest BCUT2D eigenvalue weighted by atomic mass is 10.0. The molecule has 2 aromatic rings. The standard InChI is InChI=1S/C18H20FN5/c1-12-4-3-7-24(11-12)17-9-16(22-18(21-2)23-17)13-5-6-14(10-20)15(19)8-13/h5-6,8-9,12H,3-4,7,11H2,1-2H3,(H,21,22,23). The summed E-state index contributed by atoms with van der Waals surface area (Å²) in [6.07, 6.45) is 2.37. The van der Waals surface area contributed by atoms with Crippen LogP contribution in [-0.4, -0.2) is 30.1 Å². The van der Waals surface area contributed by atoms with Gasteiger partial charge in [0, 0.05) is 31.8 Å². The first-order chi connectivity index (χ1) is 11.6. The Kier molecular flexibility index (Phi) is 4.61. The third-order valence-corrected chi connectivity index (χ3v) is 4.30. The quantitative estimate of drug-likeness (QED) is 0.936. The Morgan fingerprint density at radius 2 is 2.17 bits per heavy atom. The van der Waals surface area contributed by atoms with Gasteiger partial charge < -0.3 is 10.2 Å². The van der Waals surface area contributed by atoms with E-state index in [0.717, 1.165) is 25.3 Å². The van der Waals surface area contributed by atoms with Crippen molar-refractivity contribution in [3.8, 4) is 17.3 Å². The predicted molar refractivity (Wildman–Crippen MR) is 92.3 cm³/mol. The molecule has 1 aliphatic rings. The molecule has 0 spiro atoms. The van der Waals surface area contributed by atoms with Crippen LogP contribution in [0.5, 0.6) is 0 Å². The predicted octanol–water partition coefficient (Wildman–Crippen LogP) is 3.43. The van der Waals surface area contributed by atoms with Crippen molar-refractivity contribution < 1.29 is 4.39 Å². The van der Waals surface area contributed by atoms with Gasteiger partial charge in [-0.05, 0) is 30.9 Å². The van der Waals surface area contributed by atoms with Gasteiger partial charge in [-0.15, -0.1) is 0 Å². The van der Waals surface area contributed by atoms with Gasteiger partial charge in [0.2, 0.25) is 5.95 Å². The summed E-state index contributed by atoms with van der Waals surface area (Å²) in [5.74, 6) is 1.45. The molecule has 0 amide bonds. The summed E-state index contributed by atoms with van der Waals surface area (Å²) in [6, 6.07) is 8.27. The second-order valence-electron chi connectivity index (χ2n) is 6.18. The monoisotopic (exact) mass is 325 g/mol. The molecule has 1 fully saturated rings. The molecule has 24 heavy (non-hydrogen) atoms. The van der Waals surface area contributed by atoms with Gasteiger partial charge in [-0.1, -0.05) is 13.0 Å². The van der Waals surface area contributed by atoms with E-state index in [1.165, 1.54) is 18.6 Å². The van der Waals surface area contributed by atoms with Crippen LogP contribution in [0.15, 0.2) is 24.3 Å². The van der Waals surface area contributed by atoms with Gasteiger partial charge in [0.1, 0.15) is 17.7 Å². The Hall–Kier alpha value is -2.68. The molecular formula is C18H20FN5. The van der Waals surface area contributed by atoms with Crippen molar-refractivity contribution in [2.45, 2.75) is 19.8 Å². The van der Waals surface area contributed by atoms with Crippen LogP contribution in [0.2, 0.25) is 0 Å². The summed E-state index contributed by atoms with van der Waals surface area (Å²) in [5, 5.41) is 11.8. The first-order valence-electron chi connectivity index (χ1n) is 8.12. The molecule has 5 nitrogen and oxygen atoms in total. The average molecular weight is 325 g/mol. The molecule has 0 aliphatic carbocycles. The SMILES string of the molecule is CNc1nc(-c2ccc(C#N)c(F)c2)cc(N2CCCC(C)C2)n1. The molecule has 1 saturated heterocycles. The van der Waals surface area contributed by atoms with Gasteiger partial charge in [0.25, 0.3) is 0 Å². The maximum absolute atomic E-state index is 13.9. The van der Waals surface area contributed by atoms with Gasteiger partial charge in [0.15, 0.2) is 0 Å². The summed E-state index contributed by atoms with van der Waals surface area (Å²) in [6.45, 7) is 4.16. The summed E-state index contributed by atoms with van der Waals surface area (Å²) in [5.41, 5.74) is 1.31. The molecule has 1 N–H and O–H groups in total. The molecular weight excluding hydrogens is 305 g/mol. The van der Waals surface area contributed by atoms with Crippen LogP contribution >= 0.6 is 0 Å². The van der Waals surface area contributed by atoms with Gasteiger partial charge in [-0.3, -0.25) is 0 Å². The Bertz CT molecular complexity index is 783. The van der Waals surface area contributed by atoms with E-state index in [4.69, 9.17) is 5.26 Å². The molecule has 1 aromatic carbocycles. The number of anilines is 2. The zero-order valence-corrected chi connectivity index (χ0v) is 13.9. The molecule has 1 unspecified atom stereocenters. The lowest BCUT2D eigenvalue weighted by molar-refractivity contribution is 0.444.